The molecule has 0 unspecified atom stereocenters. The fourth-order valence-electron chi connectivity index (χ4n) is 2.14. The number of carbonyl (C=O) groups is 2. The van der Waals surface area contributed by atoms with Crippen LogP contribution in [0, 0.1) is 5.82 Å². The number of aliphatic hydroxyl groups excluding tert-OH is 1. The maximum Gasteiger partial charge on any atom is 0.408 e. The molecule has 2 rings (SSSR count). The van der Waals surface area contributed by atoms with Gasteiger partial charge in [-0.25, -0.2) is 14.0 Å². The molecule has 2 atom stereocenters. The molecule has 0 aliphatic carbocycles. The SMILES string of the molecule is COC(=O)[C@@H](NC(=O)OCc1ccccc1)[C@H](O)c1ccc(F)cc1. The number of halogens is 1. The summed E-state index contributed by atoms with van der Waals surface area (Å²) in [6.45, 7) is 0.00715. The van der Waals surface area contributed by atoms with E-state index in [4.69, 9.17) is 4.74 Å². The Balaban J connectivity index is 2.02. The van der Waals surface area contributed by atoms with Gasteiger partial charge in [0.1, 0.15) is 18.5 Å². The van der Waals surface area contributed by atoms with Crippen LogP contribution in [0.5, 0.6) is 0 Å². The number of aliphatic hydroxyl groups is 1. The second-order valence-electron chi connectivity index (χ2n) is 5.20. The second kappa shape index (κ2) is 8.79. The number of esters is 1. The van der Waals surface area contributed by atoms with Gasteiger partial charge in [-0.3, -0.25) is 0 Å². The third-order valence-corrected chi connectivity index (χ3v) is 3.47. The number of alkyl carbamates (subject to hydrolysis) is 1. The lowest BCUT2D eigenvalue weighted by Crippen LogP contribution is -2.45. The Kier molecular flexibility index (Phi) is 6.47. The van der Waals surface area contributed by atoms with E-state index in [1.165, 1.54) is 12.1 Å². The van der Waals surface area contributed by atoms with Crippen LogP contribution in [0.15, 0.2) is 54.6 Å². The van der Waals surface area contributed by atoms with E-state index in [0.29, 0.717) is 0 Å². The van der Waals surface area contributed by atoms with Gasteiger partial charge in [0.05, 0.1) is 7.11 Å². The lowest BCUT2D eigenvalue weighted by Gasteiger charge is -2.22. The highest BCUT2D eigenvalue weighted by Gasteiger charge is 2.31. The minimum Gasteiger partial charge on any atom is -0.467 e. The van der Waals surface area contributed by atoms with Crippen molar-refractivity contribution in [2.45, 2.75) is 18.8 Å². The molecular weight excluding hydrogens is 329 g/mol. The zero-order valence-electron chi connectivity index (χ0n) is 13.5. The molecule has 132 valence electrons. The summed E-state index contributed by atoms with van der Waals surface area (Å²) in [4.78, 5) is 23.8. The van der Waals surface area contributed by atoms with E-state index < -0.39 is 30.0 Å². The average Bonchev–Trinajstić information content (AvgIpc) is 2.64. The van der Waals surface area contributed by atoms with Crippen molar-refractivity contribution in [1.82, 2.24) is 5.32 Å². The highest BCUT2D eigenvalue weighted by Crippen LogP contribution is 2.18. The number of rotatable bonds is 6. The second-order valence-corrected chi connectivity index (χ2v) is 5.20. The quantitative estimate of drug-likeness (QED) is 0.784. The molecule has 0 saturated heterocycles. The predicted octanol–water partition coefficient (Wildman–Crippen LogP) is 2.33. The number of ether oxygens (including phenoxy) is 2. The maximum absolute atomic E-state index is 13.0. The summed E-state index contributed by atoms with van der Waals surface area (Å²) in [5, 5.41) is 12.6. The van der Waals surface area contributed by atoms with Gasteiger partial charge >= 0.3 is 12.1 Å². The van der Waals surface area contributed by atoms with Gasteiger partial charge in [-0.15, -0.1) is 0 Å². The molecule has 7 heteroatoms. The third kappa shape index (κ3) is 5.29. The fourth-order valence-corrected chi connectivity index (χ4v) is 2.14. The largest absolute Gasteiger partial charge is 0.467 e. The molecule has 6 nitrogen and oxygen atoms in total. The van der Waals surface area contributed by atoms with Crippen LogP contribution >= 0.6 is 0 Å². The summed E-state index contributed by atoms with van der Waals surface area (Å²) in [7, 11) is 1.13. The van der Waals surface area contributed by atoms with Gasteiger partial charge < -0.3 is 19.9 Å². The van der Waals surface area contributed by atoms with Crippen LogP contribution < -0.4 is 5.32 Å². The summed E-state index contributed by atoms with van der Waals surface area (Å²) >= 11 is 0. The van der Waals surface area contributed by atoms with Crippen LogP contribution in [0.3, 0.4) is 0 Å². The minimum absolute atomic E-state index is 0.00715. The lowest BCUT2D eigenvalue weighted by molar-refractivity contribution is -0.146. The van der Waals surface area contributed by atoms with E-state index in [-0.39, 0.29) is 12.2 Å². The number of carbonyl (C=O) groups excluding carboxylic acids is 2. The molecule has 0 spiro atoms. The van der Waals surface area contributed by atoms with Gasteiger partial charge in [0.2, 0.25) is 0 Å². The highest BCUT2D eigenvalue weighted by molar-refractivity contribution is 5.82. The molecule has 0 aliphatic heterocycles. The van der Waals surface area contributed by atoms with Crippen molar-refractivity contribution in [3.63, 3.8) is 0 Å². The van der Waals surface area contributed by atoms with Crippen LogP contribution in [0.4, 0.5) is 9.18 Å². The molecule has 0 aliphatic rings. The van der Waals surface area contributed by atoms with E-state index in [0.717, 1.165) is 24.8 Å². The van der Waals surface area contributed by atoms with Crippen molar-refractivity contribution in [3.05, 3.63) is 71.5 Å². The molecule has 0 saturated carbocycles. The monoisotopic (exact) mass is 347 g/mol. The van der Waals surface area contributed by atoms with Crippen molar-refractivity contribution in [2.75, 3.05) is 7.11 Å². The first-order valence-electron chi connectivity index (χ1n) is 7.50. The Morgan fingerprint density at radius 3 is 2.36 bits per heavy atom. The Morgan fingerprint density at radius 1 is 1.12 bits per heavy atom. The Labute approximate surface area is 144 Å². The molecule has 25 heavy (non-hydrogen) atoms. The van der Waals surface area contributed by atoms with E-state index >= 15 is 0 Å². The average molecular weight is 347 g/mol. The van der Waals surface area contributed by atoms with Crippen LogP contribution in [-0.2, 0) is 20.9 Å². The lowest BCUT2D eigenvalue weighted by atomic mass is 10.0. The van der Waals surface area contributed by atoms with Gasteiger partial charge in [-0.05, 0) is 23.3 Å². The van der Waals surface area contributed by atoms with Crippen LogP contribution in [0.25, 0.3) is 0 Å². The molecule has 1 amide bonds. The zero-order valence-corrected chi connectivity index (χ0v) is 13.5. The van der Waals surface area contributed by atoms with Crippen molar-refractivity contribution in [3.8, 4) is 0 Å². The van der Waals surface area contributed by atoms with Gasteiger partial charge in [-0.1, -0.05) is 42.5 Å². The highest BCUT2D eigenvalue weighted by atomic mass is 19.1. The van der Waals surface area contributed by atoms with E-state index in [9.17, 15) is 19.1 Å². The van der Waals surface area contributed by atoms with Crippen LogP contribution in [0.1, 0.15) is 17.2 Å². The Hall–Kier alpha value is -2.93. The molecule has 0 bridgehead atoms. The number of hydrogen-bond donors (Lipinski definition) is 2. The number of hydrogen-bond acceptors (Lipinski definition) is 5. The number of methoxy groups -OCH3 is 1. The van der Waals surface area contributed by atoms with Crippen molar-refractivity contribution in [1.29, 1.82) is 0 Å². The van der Waals surface area contributed by atoms with Gasteiger partial charge in [0, 0.05) is 0 Å². The molecule has 0 fully saturated rings. The van der Waals surface area contributed by atoms with Gasteiger partial charge in [0.15, 0.2) is 6.04 Å². The Bertz CT molecular complexity index is 705. The summed E-state index contributed by atoms with van der Waals surface area (Å²) in [6.07, 6.45) is -2.31. The molecule has 2 aromatic carbocycles. The van der Waals surface area contributed by atoms with Crippen molar-refractivity contribution >= 4 is 12.1 Å². The Morgan fingerprint density at radius 2 is 1.76 bits per heavy atom. The fraction of sp³-hybridized carbons (Fsp3) is 0.222. The topological polar surface area (TPSA) is 84.9 Å². The molecular formula is C18H18FNO5. The number of benzene rings is 2. The molecule has 0 heterocycles. The minimum atomic E-state index is -1.42. The summed E-state index contributed by atoms with van der Waals surface area (Å²) in [5.74, 6) is -1.34. The maximum atomic E-state index is 13.0. The van der Waals surface area contributed by atoms with E-state index in [1.807, 2.05) is 6.07 Å². The molecule has 2 aromatic rings. The summed E-state index contributed by atoms with van der Waals surface area (Å²) in [6, 6.07) is 12.5. The predicted molar refractivity (Wildman–Crippen MR) is 86.9 cm³/mol. The normalized spacial score (nSPS) is 12.8. The van der Waals surface area contributed by atoms with E-state index in [2.05, 4.69) is 10.1 Å². The van der Waals surface area contributed by atoms with E-state index in [1.54, 1.807) is 24.3 Å². The summed E-state index contributed by atoms with van der Waals surface area (Å²) < 4.78 is 22.6. The van der Waals surface area contributed by atoms with Crippen molar-refractivity contribution in [2.24, 2.45) is 0 Å². The number of amides is 1. The first-order valence-corrected chi connectivity index (χ1v) is 7.50. The van der Waals surface area contributed by atoms with Gasteiger partial charge in [-0.2, -0.15) is 0 Å². The third-order valence-electron chi connectivity index (χ3n) is 3.47. The van der Waals surface area contributed by atoms with Gasteiger partial charge in [0.25, 0.3) is 0 Å². The van der Waals surface area contributed by atoms with Crippen LogP contribution in [-0.4, -0.2) is 30.3 Å². The standard InChI is InChI=1S/C18H18FNO5/c1-24-17(22)15(16(21)13-7-9-14(19)10-8-13)20-18(23)25-11-12-5-3-2-4-6-12/h2-10,15-16,21H,11H2,1H3,(H,20,23)/t15-,16+/m0/s1. The molecule has 2 N–H and O–H groups in total. The zero-order chi connectivity index (χ0) is 18.2. The van der Waals surface area contributed by atoms with Crippen molar-refractivity contribution < 1.29 is 28.6 Å². The smallest absolute Gasteiger partial charge is 0.408 e. The number of nitrogens with one attached hydrogen (secondary N) is 1. The first-order chi connectivity index (χ1) is 12.0. The van der Waals surface area contributed by atoms with Crippen LogP contribution in [0.2, 0.25) is 0 Å². The first kappa shape index (κ1) is 18.4. The molecule has 0 radical (unpaired) electrons. The molecule has 0 aromatic heterocycles. The summed E-state index contributed by atoms with van der Waals surface area (Å²) in [5.41, 5.74) is 1.02.